The SMILES string of the molecule is Cc1ccc(C(C)(C)c2ccc(C(C)(c3ccc(C)c(C)c3)c3ccc(C)c(C)c3)cc2)cc1C. The van der Waals surface area contributed by atoms with Crippen LogP contribution in [0.3, 0.4) is 0 Å². The Bertz CT molecular complexity index is 1310. The maximum Gasteiger partial charge on any atom is 0.0423 e. The fourth-order valence-electron chi connectivity index (χ4n) is 5.12. The van der Waals surface area contributed by atoms with Gasteiger partial charge in [-0.2, -0.15) is 0 Å². The summed E-state index contributed by atoms with van der Waals surface area (Å²) >= 11 is 0. The molecular weight excluding hydrogens is 420 g/mol. The van der Waals surface area contributed by atoms with Gasteiger partial charge in [-0.15, -0.1) is 0 Å². The number of hydrogen-bond acceptors (Lipinski definition) is 0. The van der Waals surface area contributed by atoms with E-state index in [9.17, 15) is 0 Å². The highest BCUT2D eigenvalue weighted by molar-refractivity contribution is 5.53. The third kappa shape index (κ3) is 4.47. The minimum Gasteiger partial charge on any atom is -0.0588 e. The van der Waals surface area contributed by atoms with Gasteiger partial charge in [0.25, 0.3) is 0 Å². The Labute approximate surface area is 213 Å². The number of rotatable bonds is 5. The Morgan fingerprint density at radius 1 is 0.343 bits per heavy atom. The summed E-state index contributed by atoms with van der Waals surface area (Å²) in [5, 5.41) is 0. The third-order valence-electron chi connectivity index (χ3n) is 8.58. The van der Waals surface area contributed by atoms with Crippen LogP contribution < -0.4 is 0 Å². The fourth-order valence-corrected chi connectivity index (χ4v) is 5.12. The first kappa shape index (κ1) is 25.0. The molecule has 0 heteroatoms. The molecule has 0 N–H and O–H groups in total. The predicted molar refractivity (Wildman–Crippen MR) is 152 cm³/mol. The van der Waals surface area contributed by atoms with Crippen molar-refractivity contribution in [2.75, 3.05) is 0 Å². The molecule has 4 aromatic carbocycles. The molecule has 0 aliphatic carbocycles. The highest BCUT2D eigenvalue weighted by atomic mass is 14.4. The summed E-state index contributed by atoms with van der Waals surface area (Å²) in [5.41, 5.74) is 14.4. The number of hydrogen-bond donors (Lipinski definition) is 0. The predicted octanol–water partition coefficient (Wildman–Crippen LogP) is 9.22. The first-order chi connectivity index (χ1) is 16.4. The normalized spacial score (nSPS) is 12.1. The molecule has 4 aromatic rings. The molecule has 180 valence electrons. The van der Waals surface area contributed by atoms with Crippen molar-refractivity contribution in [2.24, 2.45) is 0 Å². The first-order valence-corrected chi connectivity index (χ1v) is 12.8. The molecule has 0 radical (unpaired) electrons. The molecule has 0 fully saturated rings. The van der Waals surface area contributed by atoms with Gasteiger partial charge in [-0.1, -0.05) is 92.7 Å². The lowest BCUT2D eigenvalue weighted by atomic mass is 9.69. The molecule has 0 unspecified atom stereocenters. The Balaban J connectivity index is 1.84. The molecule has 4 rings (SSSR count). The average molecular weight is 461 g/mol. The van der Waals surface area contributed by atoms with Crippen molar-refractivity contribution in [3.63, 3.8) is 0 Å². The second-order valence-electron chi connectivity index (χ2n) is 11.2. The van der Waals surface area contributed by atoms with Crippen LogP contribution in [0.4, 0.5) is 0 Å². The Morgan fingerprint density at radius 3 is 1.06 bits per heavy atom. The minimum absolute atomic E-state index is 0.0612. The van der Waals surface area contributed by atoms with Crippen LogP contribution >= 0.6 is 0 Å². The summed E-state index contributed by atoms with van der Waals surface area (Å²) in [6.45, 7) is 20.2. The Morgan fingerprint density at radius 2 is 0.657 bits per heavy atom. The van der Waals surface area contributed by atoms with Gasteiger partial charge in [-0.3, -0.25) is 0 Å². The van der Waals surface area contributed by atoms with Gasteiger partial charge < -0.3 is 0 Å². The van der Waals surface area contributed by atoms with Crippen molar-refractivity contribution >= 4 is 0 Å². The second kappa shape index (κ2) is 9.15. The summed E-state index contributed by atoms with van der Waals surface area (Å²) in [5.74, 6) is 0. The lowest BCUT2D eigenvalue weighted by Crippen LogP contribution is -2.26. The summed E-state index contributed by atoms with van der Waals surface area (Å²) in [4.78, 5) is 0. The van der Waals surface area contributed by atoms with E-state index in [0.29, 0.717) is 0 Å². The molecule has 0 heterocycles. The van der Waals surface area contributed by atoms with Gasteiger partial charge in [0.05, 0.1) is 0 Å². The number of benzene rings is 4. The van der Waals surface area contributed by atoms with Crippen molar-refractivity contribution in [3.8, 4) is 0 Å². The molecule has 0 saturated carbocycles. The molecule has 0 atom stereocenters. The fraction of sp³-hybridized carbons (Fsp3) is 0.314. The summed E-state index contributed by atoms with van der Waals surface area (Å²) in [7, 11) is 0. The molecule has 0 aromatic heterocycles. The van der Waals surface area contributed by atoms with Crippen LogP contribution in [-0.4, -0.2) is 0 Å². The topological polar surface area (TPSA) is 0 Å². The largest absolute Gasteiger partial charge is 0.0588 e. The quantitative estimate of drug-likeness (QED) is 0.260. The van der Waals surface area contributed by atoms with E-state index in [4.69, 9.17) is 0 Å². The molecule has 0 spiro atoms. The van der Waals surface area contributed by atoms with E-state index in [2.05, 4.69) is 141 Å². The van der Waals surface area contributed by atoms with E-state index >= 15 is 0 Å². The van der Waals surface area contributed by atoms with Crippen molar-refractivity contribution in [2.45, 2.75) is 73.1 Å². The van der Waals surface area contributed by atoms with E-state index in [1.807, 2.05) is 0 Å². The van der Waals surface area contributed by atoms with Crippen LogP contribution in [0, 0.1) is 41.5 Å². The molecule has 0 bridgehead atoms. The van der Waals surface area contributed by atoms with Gasteiger partial charge in [0.15, 0.2) is 0 Å². The second-order valence-corrected chi connectivity index (χ2v) is 11.2. The van der Waals surface area contributed by atoms with Crippen molar-refractivity contribution in [1.29, 1.82) is 0 Å². The Hall–Kier alpha value is -3.12. The van der Waals surface area contributed by atoms with Gasteiger partial charge >= 0.3 is 0 Å². The van der Waals surface area contributed by atoms with E-state index in [0.717, 1.165) is 0 Å². The van der Waals surface area contributed by atoms with E-state index in [1.54, 1.807) is 0 Å². The molecule has 0 saturated heterocycles. The third-order valence-corrected chi connectivity index (χ3v) is 8.58. The Kier molecular flexibility index (Phi) is 6.54. The van der Waals surface area contributed by atoms with Gasteiger partial charge in [-0.05, 0) is 110 Å². The smallest absolute Gasteiger partial charge is 0.0423 e. The molecule has 0 aliphatic rings. The van der Waals surface area contributed by atoms with E-state index < -0.39 is 0 Å². The van der Waals surface area contributed by atoms with Gasteiger partial charge in [0.2, 0.25) is 0 Å². The summed E-state index contributed by atoms with van der Waals surface area (Å²) < 4.78 is 0. The maximum atomic E-state index is 2.38. The zero-order chi connectivity index (χ0) is 25.5. The monoisotopic (exact) mass is 460 g/mol. The highest BCUT2D eigenvalue weighted by Crippen LogP contribution is 2.41. The molecule has 0 amide bonds. The summed E-state index contributed by atoms with van der Waals surface area (Å²) in [6, 6.07) is 30.1. The lowest BCUT2D eigenvalue weighted by molar-refractivity contribution is 0.636. The first-order valence-electron chi connectivity index (χ1n) is 12.8. The van der Waals surface area contributed by atoms with Crippen LogP contribution in [0.25, 0.3) is 0 Å². The molecular formula is C35H40. The lowest BCUT2D eigenvalue weighted by Gasteiger charge is -2.34. The van der Waals surface area contributed by atoms with Crippen LogP contribution in [0.15, 0.2) is 78.9 Å². The van der Waals surface area contributed by atoms with Gasteiger partial charge in [0.1, 0.15) is 0 Å². The van der Waals surface area contributed by atoms with Gasteiger partial charge in [0, 0.05) is 10.8 Å². The van der Waals surface area contributed by atoms with E-state index in [-0.39, 0.29) is 10.8 Å². The average Bonchev–Trinajstić information content (AvgIpc) is 2.83. The molecule has 0 nitrogen and oxygen atoms in total. The minimum atomic E-state index is -0.236. The maximum absolute atomic E-state index is 2.38. The van der Waals surface area contributed by atoms with Crippen molar-refractivity contribution < 1.29 is 0 Å². The van der Waals surface area contributed by atoms with Crippen LogP contribution in [0.5, 0.6) is 0 Å². The zero-order valence-corrected chi connectivity index (χ0v) is 23.0. The standard InChI is InChI=1S/C35H40/c1-23-10-13-31(20-26(23)4)34(7,8)29-16-18-30(19-17-29)35(9,32-14-11-24(2)27(5)21-32)33-15-12-25(3)28(6)22-33/h10-22H,1-9H3. The van der Waals surface area contributed by atoms with E-state index in [1.165, 1.54) is 61.2 Å². The number of aryl methyl sites for hydroxylation is 6. The van der Waals surface area contributed by atoms with Gasteiger partial charge in [-0.25, -0.2) is 0 Å². The molecule has 35 heavy (non-hydrogen) atoms. The highest BCUT2D eigenvalue weighted by Gasteiger charge is 2.32. The summed E-state index contributed by atoms with van der Waals surface area (Å²) in [6.07, 6.45) is 0. The van der Waals surface area contributed by atoms with Crippen molar-refractivity contribution in [1.82, 2.24) is 0 Å². The zero-order valence-electron chi connectivity index (χ0n) is 23.0. The van der Waals surface area contributed by atoms with Crippen LogP contribution in [0.2, 0.25) is 0 Å². The van der Waals surface area contributed by atoms with Crippen LogP contribution in [-0.2, 0) is 10.8 Å². The van der Waals surface area contributed by atoms with Crippen LogP contribution in [0.1, 0.15) is 82.0 Å². The van der Waals surface area contributed by atoms with Crippen molar-refractivity contribution in [3.05, 3.63) is 140 Å². The molecule has 0 aliphatic heterocycles.